The van der Waals surface area contributed by atoms with Crippen LogP contribution in [0.4, 0.5) is 13.2 Å². The van der Waals surface area contributed by atoms with Crippen LogP contribution in [-0.2, 0) is 16.8 Å². The number of amides is 1. The lowest BCUT2D eigenvalue weighted by Gasteiger charge is -2.47. The molecule has 2 aromatic carbocycles. The summed E-state index contributed by atoms with van der Waals surface area (Å²) in [5.74, 6) is 1.36. The number of hydrogen-bond donors (Lipinski definition) is 2. The van der Waals surface area contributed by atoms with E-state index in [9.17, 15) is 18.0 Å². The van der Waals surface area contributed by atoms with Gasteiger partial charge in [-0.2, -0.15) is 13.2 Å². The van der Waals surface area contributed by atoms with Gasteiger partial charge in [-0.25, -0.2) is 0 Å². The Morgan fingerprint density at radius 1 is 0.975 bits per heavy atom. The maximum absolute atomic E-state index is 14.6. The standard InChI is InChI=1S/C32H40F3N3O2/c33-32(34,35)21-40-29-13-7-12-26-25(29)17-36-19-31(26)20-37-18-27(31)30(39)38-15-14-24(22-8-3-1-4-9-22)16-28(38)23-10-5-2-6-11-23/h1,3-4,7-9,12-13,23-24,27-28,36-37H,2,5-6,10-11,14-21H2/p+2/t24-,27+,28+,31+/m1/s1. The summed E-state index contributed by atoms with van der Waals surface area (Å²) in [6.07, 6.45) is 3.74. The van der Waals surface area contributed by atoms with Crippen molar-refractivity contribution < 1.29 is 33.3 Å². The number of ether oxygens (including phenoxy) is 1. The molecule has 3 aliphatic heterocycles. The Bertz CT molecular complexity index is 1180. The zero-order valence-corrected chi connectivity index (χ0v) is 23.2. The van der Waals surface area contributed by atoms with E-state index >= 15 is 0 Å². The number of carbonyl (C=O) groups excluding carboxylic acids is 1. The molecule has 8 heteroatoms. The molecule has 4 atom stereocenters. The van der Waals surface area contributed by atoms with E-state index in [0.717, 1.165) is 50.1 Å². The topological polar surface area (TPSA) is 62.8 Å². The van der Waals surface area contributed by atoms with Crippen molar-refractivity contribution in [2.24, 2.45) is 11.8 Å². The van der Waals surface area contributed by atoms with Crippen molar-refractivity contribution in [1.29, 1.82) is 0 Å². The average Bonchev–Trinajstić information content (AvgIpc) is 3.40. The van der Waals surface area contributed by atoms with E-state index in [-0.39, 0.29) is 17.9 Å². The van der Waals surface area contributed by atoms with Gasteiger partial charge in [-0.1, -0.05) is 61.7 Å². The molecule has 1 spiro atoms. The second kappa shape index (κ2) is 11.4. The molecule has 2 saturated heterocycles. The Kier molecular flexibility index (Phi) is 7.83. The molecule has 2 aromatic rings. The molecule has 3 fully saturated rings. The van der Waals surface area contributed by atoms with Crippen molar-refractivity contribution in [3.63, 3.8) is 0 Å². The van der Waals surface area contributed by atoms with Crippen LogP contribution in [0.1, 0.15) is 67.6 Å². The zero-order chi connectivity index (χ0) is 27.7. The number of alkyl halides is 3. The van der Waals surface area contributed by atoms with E-state index in [4.69, 9.17) is 4.74 Å². The van der Waals surface area contributed by atoms with Gasteiger partial charge in [0.05, 0.1) is 25.2 Å². The molecule has 6 rings (SSSR count). The normalized spacial score (nSPS) is 29.4. The minimum Gasteiger partial charge on any atom is -0.484 e. The average molecular weight is 558 g/mol. The maximum atomic E-state index is 14.6. The molecular weight excluding hydrogens is 515 g/mol. The van der Waals surface area contributed by atoms with Crippen molar-refractivity contribution in [2.75, 3.05) is 32.8 Å². The number of carbonyl (C=O) groups is 1. The van der Waals surface area contributed by atoms with Crippen LogP contribution in [0.15, 0.2) is 48.5 Å². The fourth-order valence-electron chi connectivity index (χ4n) is 8.32. The first kappa shape index (κ1) is 27.6. The van der Waals surface area contributed by atoms with Gasteiger partial charge in [0, 0.05) is 12.6 Å². The number of nitrogens with zero attached hydrogens (tertiary/aromatic N) is 1. The van der Waals surface area contributed by atoms with Gasteiger partial charge in [0.25, 0.3) is 0 Å². The lowest BCUT2D eigenvalue weighted by Crippen LogP contribution is -2.91. The van der Waals surface area contributed by atoms with E-state index in [1.165, 1.54) is 37.7 Å². The van der Waals surface area contributed by atoms with Crippen molar-refractivity contribution >= 4 is 5.91 Å². The van der Waals surface area contributed by atoms with Crippen molar-refractivity contribution in [3.05, 3.63) is 65.2 Å². The molecular formula is C32H42F3N3O2+2. The Labute approximate surface area is 234 Å². The van der Waals surface area contributed by atoms with Crippen LogP contribution in [-0.4, -0.2) is 55.8 Å². The SMILES string of the molecule is O=C([C@@H]1C[NH2+]C[C@]12C[NH2+]Cc1c(OCC(F)(F)F)cccc12)N1CC[C@@H](c2ccccc2)C[C@H]1C1CCCCC1. The summed E-state index contributed by atoms with van der Waals surface area (Å²) >= 11 is 0. The number of halogens is 3. The minimum atomic E-state index is -4.39. The third kappa shape index (κ3) is 5.37. The predicted molar refractivity (Wildman–Crippen MR) is 146 cm³/mol. The van der Waals surface area contributed by atoms with E-state index in [1.54, 1.807) is 12.1 Å². The molecule has 3 heterocycles. The number of benzene rings is 2. The van der Waals surface area contributed by atoms with Crippen LogP contribution in [0.5, 0.6) is 5.75 Å². The molecule has 0 bridgehead atoms. The zero-order valence-electron chi connectivity index (χ0n) is 23.2. The summed E-state index contributed by atoms with van der Waals surface area (Å²) in [7, 11) is 0. The number of piperidine rings is 1. The molecule has 0 aromatic heterocycles. The summed E-state index contributed by atoms with van der Waals surface area (Å²) < 4.78 is 44.2. The highest BCUT2D eigenvalue weighted by atomic mass is 19.4. The summed E-state index contributed by atoms with van der Waals surface area (Å²) in [5.41, 5.74) is 2.80. The Hall–Kier alpha value is -2.58. The summed E-state index contributed by atoms with van der Waals surface area (Å²) in [6, 6.07) is 16.5. The van der Waals surface area contributed by atoms with Crippen LogP contribution in [0.3, 0.4) is 0 Å². The molecule has 1 amide bonds. The van der Waals surface area contributed by atoms with Crippen LogP contribution in [0.2, 0.25) is 0 Å². The van der Waals surface area contributed by atoms with E-state index in [2.05, 4.69) is 45.9 Å². The number of rotatable bonds is 5. The van der Waals surface area contributed by atoms with Crippen LogP contribution >= 0.6 is 0 Å². The Balaban J connectivity index is 1.29. The van der Waals surface area contributed by atoms with Gasteiger partial charge in [-0.05, 0) is 54.7 Å². The Morgan fingerprint density at radius 2 is 1.75 bits per heavy atom. The number of fused-ring (bicyclic) bond motifs is 2. The highest BCUT2D eigenvalue weighted by Crippen LogP contribution is 2.44. The first-order valence-electron chi connectivity index (χ1n) is 15.2. The van der Waals surface area contributed by atoms with E-state index in [1.807, 2.05) is 6.07 Å². The van der Waals surface area contributed by atoms with Gasteiger partial charge in [0.15, 0.2) is 6.61 Å². The predicted octanol–water partition coefficient (Wildman–Crippen LogP) is 3.49. The molecule has 216 valence electrons. The highest BCUT2D eigenvalue weighted by Gasteiger charge is 2.57. The van der Waals surface area contributed by atoms with Gasteiger partial charge >= 0.3 is 6.18 Å². The van der Waals surface area contributed by atoms with Crippen LogP contribution < -0.4 is 15.4 Å². The lowest BCUT2D eigenvalue weighted by atomic mass is 9.67. The third-order valence-electron chi connectivity index (χ3n) is 10.2. The monoisotopic (exact) mass is 557 g/mol. The van der Waals surface area contributed by atoms with Crippen molar-refractivity contribution in [2.45, 2.75) is 75.0 Å². The van der Waals surface area contributed by atoms with Gasteiger partial charge in [0.2, 0.25) is 5.91 Å². The molecule has 4 aliphatic rings. The van der Waals surface area contributed by atoms with Crippen molar-refractivity contribution in [1.82, 2.24) is 4.90 Å². The second-order valence-electron chi connectivity index (χ2n) is 12.4. The molecule has 0 radical (unpaired) electrons. The molecule has 0 unspecified atom stereocenters. The number of likely N-dealkylation sites (tertiary alicyclic amines) is 1. The molecule has 4 N–H and O–H groups in total. The maximum Gasteiger partial charge on any atom is 0.422 e. The largest absolute Gasteiger partial charge is 0.484 e. The fourth-order valence-corrected chi connectivity index (χ4v) is 8.32. The highest BCUT2D eigenvalue weighted by molar-refractivity contribution is 5.82. The first-order valence-corrected chi connectivity index (χ1v) is 15.2. The van der Waals surface area contributed by atoms with Gasteiger partial charge in [-0.3, -0.25) is 4.79 Å². The quantitative estimate of drug-likeness (QED) is 0.592. The summed E-state index contributed by atoms with van der Waals surface area (Å²) in [4.78, 5) is 16.9. The number of quaternary nitrogens is 2. The first-order chi connectivity index (χ1) is 19.4. The van der Waals surface area contributed by atoms with Gasteiger partial charge in [0.1, 0.15) is 23.6 Å². The lowest BCUT2D eigenvalue weighted by molar-refractivity contribution is -0.691. The number of hydrogen-bond acceptors (Lipinski definition) is 2. The third-order valence-corrected chi connectivity index (χ3v) is 10.2. The van der Waals surface area contributed by atoms with Crippen LogP contribution in [0, 0.1) is 11.8 Å². The van der Waals surface area contributed by atoms with Crippen molar-refractivity contribution in [3.8, 4) is 5.75 Å². The number of nitrogens with two attached hydrogens (primary N) is 2. The molecule has 1 aliphatic carbocycles. The summed E-state index contributed by atoms with van der Waals surface area (Å²) in [5, 5.41) is 4.39. The minimum absolute atomic E-state index is 0.194. The van der Waals surface area contributed by atoms with Crippen LogP contribution in [0.25, 0.3) is 0 Å². The van der Waals surface area contributed by atoms with E-state index < -0.39 is 18.2 Å². The Morgan fingerprint density at radius 3 is 2.52 bits per heavy atom. The second-order valence-corrected chi connectivity index (χ2v) is 12.4. The fraction of sp³-hybridized carbons (Fsp3) is 0.594. The van der Waals surface area contributed by atoms with E-state index in [0.29, 0.717) is 24.1 Å². The summed E-state index contributed by atoms with van der Waals surface area (Å²) in [6.45, 7) is 2.30. The molecule has 5 nitrogen and oxygen atoms in total. The molecule has 1 saturated carbocycles. The van der Waals surface area contributed by atoms with Gasteiger partial charge < -0.3 is 20.3 Å². The smallest absolute Gasteiger partial charge is 0.422 e. The van der Waals surface area contributed by atoms with Gasteiger partial charge in [-0.15, -0.1) is 0 Å². The molecule has 40 heavy (non-hydrogen) atoms.